The van der Waals surface area contributed by atoms with Crippen LogP contribution in [0.3, 0.4) is 0 Å². The van der Waals surface area contributed by atoms with E-state index in [0.717, 1.165) is 0 Å². The number of nitrogens with one attached hydrogen (secondary N) is 2. The van der Waals surface area contributed by atoms with Crippen molar-refractivity contribution >= 4 is 21.5 Å². The summed E-state index contributed by atoms with van der Waals surface area (Å²) in [7, 11) is 0. The van der Waals surface area contributed by atoms with Crippen molar-refractivity contribution < 1.29 is 0 Å². The Morgan fingerprint density at radius 3 is 2.27 bits per heavy atom. The molecule has 0 unspecified atom stereocenters. The maximum atomic E-state index is 3.42. The van der Waals surface area contributed by atoms with Crippen LogP contribution in [0.25, 0.3) is 21.5 Å². The van der Waals surface area contributed by atoms with Crippen molar-refractivity contribution in [1.29, 1.82) is 0 Å². The van der Waals surface area contributed by atoms with Gasteiger partial charge in [0.1, 0.15) is 0 Å². The zero-order chi connectivity index (χ0) is 20.4. The molecule has 30 heavy (non-hydrogen) atoms. The summed E-state index contributed by atoms with van der Waals surface area (Å²) in [5, 5.41) is 17.8. The summed E-state index contributed by atoms with van der Waals surface area (Å²) in [4.78, 5) is 0. The summed E-state index contributed by atoms with van der Waals surface area (Å²) in [6.07, 6.45) is 20.0. The number of hydrogen-bond donors (Lipinski definition) is 2. The molecule has 6 rings (SSSR count). The highest BCUT2D eigenvalue weighted by Crippen LogP contribution is 2.33. The minimum atomic E-state index is 1.25. The van der Waals surface area contributed by atoms with E-state index >= 15 is 0 Å². The predicted molar refractivity (Wildman–Crippen MR) is 125 cm³/mol. The average molecular weight is 395 g/mol. The number of allylic oxidation sites excluding steroid dienone is 4. The van der Waals surface area contributed by atoms with Gasteiger partial charge in [-0.05, 0) is 70.5 Å². The van der Waals surface area contributed by atoms with E-state index in [2.05, 4.69) is 69.3 Å². The number of aromatic amines is 1. The van der Waals surface area contributed by atoms with Crippen LogP contribution < -0.4 is 5.32 Å². The fourth-order valence-electron chi connectivity index (χ4n) is 3.92. The molecule has 4 aromatic rings. The summed E-state index contributed by atoms with van der Waals surface area (Å²) >= 11 is 0. The molecule has 4 nitrogen and oxygen atoms in total. The van der Waals surface area contributed by atoms with Crippen LogP contribution in [0.5, 0.6) is 0 Å². The van der Waals surface area contributed by atoms with Gasteiger partial charge in [0.05, 0.1) is 6.20 Å². The molecular weight excluding hydrogens is 368 g/mol. The van der Waals surface area contributed by atoms with Crippen LogP contribution in [0.1, 0.15) is 24.0 Å². The Hall–Kier alpha value is -3.66. The van der Waals surface area contributed by atoms with Gasteiger partial charge in [0.2, 0.25) is 0 Å². The molecule has 0 bridgehead atoms. The molecule has 0 atom stereocenters. The number of H-pyrrole nitrogens is 1. The lowest BCUT2D eigenvalue weighted by atomic mass is 9.86. The van der Waals surface area contributed by atoms with Gasteiger partial charge in [-0.15, -0.1) is 5.10 Å². The van der Waals surface area contributed by atoms with Crippen LogP contribution in [-0.4, -0.2) is 15.4 Å². The van der Waals surface area contributed by atoms with E-state index in [-0.39, 0.29) is 0 Å². The first-order chi connectivity index (χ1) is 14.9. The van der Waals surface area contributed by atoms with Gasteiger partial charge >= 0.3 is 0 Å². The van der Waals surface area contributed by atoms with E-state index in [4.69, 9.17) is 0 Å². The quantitative estimate of drug-likeness (QED) is 0.368. The Kier molecular flexibility index (Phi) is 6.69. The molecule has 0 amide bonds. The first-order valence-corrected chi connectivity index (χ1v) is 10.4. The molecule has 1 aliphatic carbocycles. The van der Waals surface area contributed by atoms with Crippen molar-refractivity contribution in [2.75, 3.05) is 0 Å². The molecule has 0 saturated heterocycles. The first kappa shape index (κ1) is 19.6. The van der Waals surface area contributed by atoms with Gasteiger partial charge in [0.25, 0.3) is 0 Å². The van der Waals surface area contributed by atoms with E-state index < -0.39 is 0 Å². The van der Waals surface area contributed by atoms with Crippen LogP contribution >= 0.6 is 0 Å². The van der Waals surface area contributed by atoms with E-state index in [1.807, 2.05) is 36.7 Å². The summed E-state index contributed by atoms with van der Waals surface area (Å²) in [5.74, 6) is 0. The van der Waals surface area contributed by atoms with E-state index in [0.29, 0.717) is 0 Å². The minimum Gasteiger partial charge on any atom is -0.368 e. The monoisotopic (exact) mass is 394 g/mol. The SMILES string of the molecule is C1=CC=CNC=C1.c1c[nH]nn1.c1ccc2c(c1)ccc1c3c(ccc12)CCCC3. The van der Waals surface area contributed by atoms with Crippen molar-refractivity contribution in [2.45, 2.75) is 25.7 Å². The normalized spacial score (nSPS) is 14.0. The van der Waals surface area contributed by atoms with Crippen molar-refractivity contribution in [2.24, 2.45) is 0 Å². The second-order valence-electron chi connectivity index (χ2n) is 7.22. The zero-order valence-electron chi connectivity index (χ0n) is 17.0. The molecule has 150 valence electrons. The van der Waals surface area contributed by atoms with Gasteiger partial charge < -0.3 is 5.32 Å². The highest BCUT2D eigenvalue weighted by Gasteiger charge is 2.13. The number of fused-ring (bicyclic) bond motifs is 5. The topological polar surface area (TPSA) is 53.6 Å². The van der Waals surface area contributed by atoms with Crippen molar-refractivity contribution in [3.05, 3.63) is 109 Å². The van der Waals surface area contributed by atoms with Crippen molar-refractivity contribution in [1.82, 2.24) is 20.7 Å². The van der Waals surface area contributed by atoms with Crippen LogP contribution in [0, 0.1) is 0 Å². The van der Waals surface area contributed by atoms with Gasteiger partial charge in [0, 0.05) is 18.6 Å². The number of aromatic nitrogens is 3. The van der Waals surface area contributed by atoms with Crippen LogP contribution in [0.2, 0.25) is 0 Å². The highest BCUT2D eigenvalue weighted by atomic mass is 15.3. The number of hydrogen-bond acceptors (Lipinski definition) is 3. The molecule has 3 aromatic carbocycles. The summed E-state index contributed by atoms with van der Waals surface area (Å²) in [6, 6.07) is 18.0. The Balaban J connectivity index is 0.000000149. The molecular formula is C26H26N4. The Bertz CT molecular complexity index is 1140. The molecule has 0 radical (unpaired) electrons. The molecule has 2 aliphatic rings. The van der Waals surface area contributed by atoms with Crippen molar-refractivity contribution in [3.63, 3.8) is 0 Å². The first-order valence-electron chi connectivity index (χ1n) is 10.4. The summed E-state index contributed by atoms with van der Waals surface area (Å²) in [5.41, 5.74) is 3.17. The van der Waals surface area contributed by atoms with E-state index in [1.165, 1.54) is 47.2 Å². The van der Waals surface area contributed by atoms with Crippen LogP contribution in [0.15, 0.2) is 97.6 Å². The minimum absolute atomic E-state index is 1.25. The third-order valence-corrected chi connectivity index (χ3v) is 5.31. The van der Waals surface area contributed by atoms with E-state index in [1.54, 1.807) is 23.5 Å². The lowest BCUT2D eigenvalue weighted by Crippen LogP contribution is -2.02. The number of rotatable bonds is 0. The molecule has 2 heterocycles. The highest BCUT2D eigenvalue weighted by molar-refractivity contribution is 6.08. The van der Waals surface area contributed by atoms with Crippen LogP contribution in [0.4, 0.5) is 0 Å². The maximum absolute atomic E-state index is 3.42. The van der Waals surface area contributed by atoms with E-state index in [9.17, 15) is 0 Å². The lowest BCUT2D eigenvalue weighted by Gasteiger charge is -2.18. The van der Waals surface area contributed by atoms with Gasteiger partial charge in [-0.3, -0.25) is 5.10 Å². The predicted octanol–water partition coefficient (Wildman–Crippen LogP) is 5.85. The number of benzene rings is 3. The largest absolute Gasteiger partial charge is 0.368 e. The molecule has 0 spiro atoms. The molecule has 2 N–H and O–H groups in total. The molecule has 0 fully saturated rings. The second kappa shape index (κ2) is 10.2. The number of nitrogens with zero attached hydrogens (tertiary/aromatic N) is 2. The molecule has 1 aliphatic heterocycles. The Morgan fingerprint density at radius 2 is 1.50 bits per heavy atom. The Morgan fingerprint density at radius 1 is 0.700 bits per heavy atom. The van der Waals surface area contributed by atoms with Crippen LogP contribution in [-0.2, 0) is 12.8 Å². The standard InChI is InChI=1S/C18H16.C6H7N.C2H3N3/c1-3-7-15-13(5-1)9-11-18-16-8-4-2-6-14(16)10-12-17(15)18;1-2-4-6-7-5-3-1;1-2-4-5-3-1/h1,3,5,7,9-12H,2,4,6,8H2;1-7H;1-2H,(H,3,4,5). The fraction of sp³-hybridized carbons (Fsp3) is 0.154. The average Bonchev–Trinajstić information content (AvgIpc) is 3.27. The maximum Gasteiger partial charge on any atom is 0.0690 e. The molecule has 0 saturated carbocycles. The number of aryl methyl sites for hydroxylation is 2. The van der Waals surface area contributed by atoms with Gasteiger partial charge in [0.15, 0.2) is 0 Å². The summed E-state index contributed by atoms with van der Waals surface area (Å²) < 4.78 is 0. The zero-order valence-corrected chi connectivity index (χ0v) is 17.0. The molecule has 1 aromatic heterocycles. The van der Waals surface area contributed by atoms with Gasteiger partial charge in [-0.2, -0.15) is 0 Å². The molecule has 4 heteroatoms. The van der Waals surface area contributed by atoms with Gasteiger partial charge in [-0.1, -0.05) is 65.9 Å². The lowest BCUT2D eigenvalue weighted by molar-refractivity contribution is 0.690. The third kappa shape index (κ3) is 4.84. The Labute approximate surface area is 177 Å². The fourth-order valence-corrected chi connectivity index (χ4v) is 3.92. The van der Waals surface area contributed by atoms with Crippen molar-refractivity contribution in [3.8, 4) is 0 Å². The second-order valence-corrected chi connectivity index (χ2v) is 7.22. The third-order valence-electron chi connectivity index (χ3n) is 5.31. The summed E-state index contributed by atoms with van der Waals surface area (Å²) in [6.45, 7) is 0. The van der Waals surface area contributed by atoms with Gasteiger partial charge in [-0.25, -0.2) is 0 Å². The smallest absolute Gasteiger partial charge is 0.0690 e.